The standard InChI is InChI=1S/C24H25NO5S/c1-29-20-13-12-18(16-21(20)30-2)24(14-5-6-15-24)23(26)25-31(27,28)22-11-7-9-17-8-3-4-10-19(17)22/h3-4,7-13,16H,5-6,14-15H2,1-2H3,(H,25,26). The lowest BCUT2D eigenvalue weighted by Gasteiger charge is -2.29. The third-order valence-electron chi connectivity index (χ3n) is 6.09. The molecule has 3 aromatic carbocycles. The van der Waals surface area contributed by atoms with E-state index in [1.54, 1.807) is 37.4 Å². The van der Waals surface area contributed by atoms with Crippen LogP contribution in [0.4, 0.5) is 0 Å². The molecule has 1 N–H and O–H groups in total. The molecule has 0 saturated heterocycles. The molecule has 0 spiro atoms. The molecule has 0 heterocycles. The van der Waals surface area contributed by atoms with Gasteiger partial charge in [0.25, 0.3) is 10.0 Å². The van der Waals surface area contributed by atoms with E-state index in [-0.39, 0.29) is 4.90 Å². The molecule has 0 bridgehead atoms. The molecule has 0 atom stereocenters. The average molecular weight is 440 g/mol. The smallest absolute Gasteiger partial charge is 0.264 e. The SMILES string of the molecule is COc1ccc(C2(C(=O)NS(=O)(=O)c3cccc4ccccc34)CCCC2)cc1OC. The second-order valence-electron chi connectivity index (χ2n) is 7.77. The maximum absolute atomic E-state index is 13.5. The van der Waals surface area contributed by atoms with Gasteiger partial charge in [0.2, 0.25) is 5.91 Å². The van der Waals surface area contributed by atoms with Crippen LogP contribution in [0.15, 0.2) is 65.6 Å². The van der Waals surface area contributed by atoms with E-state index in [1.807, 2.05) is 24.3 Å². The van der Waals surface area contributed by atoms with Gasteiger partial charge in [0.15, 0.2) is 11.5 Å². The summed E-state index contributed by atoms with van der Waals surface area (Å²) in [5.41, 5.74) is -0.203. The van der Waals surface area contributed by atoms with E-state index in [2.05, 4.69) is 4.72 Å². The van der Waals surface area contributed by atoms with Crippen molar-refractivity contribution in [2.24, 2.45) is 0 Å². The van der Waals surface area contributed by atoms with Gasteiger partial charge in [-0.3, -0.25) is 4.79 Å². The molecule has 6 nitrogen and oxygen atoms in total. The number of nitrogens with one attached hydrogen (secondary N) is 1. The number of benzene rings is 3. The molecule has 0 aromatic heterocycles. The zero-order chi connectivity index (χ0) is 22.1. The highest BCUT2D eigenvalue weighted by molar-refractivity contribution is 7.90. The van der Waals surface area contributed by atoms with Crippen molar-refractivity contribution in [2.75, 3.05) is 14.2 Å². The number of rotatable bonds is 6. The lowest BCUT2D eigenvalue weighted by Crippen LogP contribution is -2.45. The first-order valence-electron chi connectivity index (χ1n) is 10.2. The van der Waals surface area contributed by atoms with E-state index in [1.165, 1.54) is 13.2 Å². The number of carbonyl (C=O) groups is 1. The number of carbonyl (C=O) groups excluding carboxylic acids is 1. The zero-order valence-corrected chi connectivity index (χ0v) is 18.4. The number of hydrogen-bond donors (Lipinski definition) is 1. The topological polar surface area (TPSA) is 81.7 Å². The van der Waals surface area contributed by atoms with Crippen LogP contribution in [0.2, 0.25) is 0 Å². The fraction of sp³-hybridized carbons (Fsp3) is 0.292. The molecule has 0 aliphatic heterocycles. The average Bonchev–Trinajstić information content (AvgIpc) is 3.29. The molecular formula is C24H25NO5S. The molecule has 1 aliphatic rings. The van der Waals surface area contributed by atoms with Gasteiger partial charge in [-0.2, -0.15) is 0 Å². The van der Waals surface area contributed by atoms with E-state index < -0.39 is 21.3 Å². The quantitative estimate of drug-likeness (QED) is 0.623. The summed E-state index contributed by atoms with van der Waals surface area (Å²) in [6.45, 7) is 0. The summed E-state index contributed by atoms with van der Waals surface area (Å²) in [7, 11) is -0.970. The van der Waals surface area contributed by atoms with Gasteiger partial charge in [-0.05, 0) is 42.0 Å². The molecule has 162 valence electrons. The molecule has 0 unspecified atom stereocenters. The normalized spacial score (nSPS) is 15.5. The summed E-state index contributed by atoms with van der Waals surface area (Å²) in [6.07, 6.45) is 2.82. The molecule has 1 saturated carbocycles. The number of hydrogen-bond acceptors (Lipinski definition) is 5. The Kier molecular flexibility index (Phi) is 5.62. The van der Waals surface area contributed by atoms with Crippen LogP contribution in [0.5, 0.6) is 11.5 Å². The van der Waals surface area contributed by atoms with Crippen LogP contribution in [-0.4, -0.2) is 28.5 Å². The third kappa shape index (κ3) is 3.74. The first-order chi connectivity index (χ1) is 14.9. The number of ether oxygens (including phenoxy) is 2. The van der Waals surface area contributed by atoms with E-state index in [9.17, 15) is 13.2 Å². The van der Waals surface area contributed by atoms with Crippen molar-refractivity contribution in [1.82, 2.24) is 4.72 Å². The van der Waals surface area contributed by atoms with Crippen molar-refractivity contribution >= 4 is 26.7 Å². The van der Waals surface area contributed by atoms with Crippen LogP contribution in [-0.2, 0) is 20.2 Å². The van der Waals surface area contributed by atoms with Gasteiger partial charge in [0.05, 0.1) is 24.5 Å². The van der Waals surface area contributed by atoms with E-state index in [0.717, 1.165) is 23.8 Å². The highest BCUT2D eigenvalue weighted by atomic mass is 32.2. The van der Waals surface area contributed by atoms with Crippen molar-refractivity contribution in [3.05, 3.63) is 66.2 Å². The number of amides is 1. The van der Waals surface area contributed by atoms with Gasteiger partial charge in [0, 0.05) is 5.39 Å². The van der Waals surface area contributed by atoms with Crippen LogP contribution in [0, 0.1) is 0 Å². The Hall–Kier alpha value is -3.06. The predicted molar refractivity (Wildman–Crippen MR) is 119 cm³/mol. The Labute approximate surface area is 182 Å². The minimum absolute atomic E-state index is 0.0967. The first-order valence-corrected chi connectivity index (χ1v) is 11.7. The van der Waals surface area contributed by atoms with E-state index in [0.29, 0.717) is 29.7 Å². The lowest BCUT2D eigenvalue weighted by molar-refractivity contribution is -0.124. The Bertz CT molecular complexity index is 1220. The maximum atomic E-state index is 13.5. The first kappa shape index (κ1) is 21.2. The van der Waals surface area contributed by atoms with Crippen molar-refractivity contribution in [1.29, 1.82) is 0 Å². The number of methoxy groups -OCH3 is 2. The summed E-state index contributed by atoms with van der Waals surface area (Å²) >= 11 is 0. The van der Waals surface area contributed by atoms with Crippen LogP contribution in [0.3, 0.4) is 0 Å². The molecule has 31 heavy (non-hydrogen) atoms. The minimum Gasteiger partial charge on any atom is -0.493 e. The monoisotopic (exact) mass is 439 g/mol. The van der Waals surface area contributed by atoms with Gasteiger partial charge in [-0.15, -0.1) is 0 Å². The molecule has 0 radical (unpaired) electrons. The van der Waals surface area contributed by atoms with Gasteiger partial charge in [-0.25, -0.2) is 13.1 Å². The summed E-state index contributed by atoms with van der Waals surface area (Å²) in [5, 5.41) is 1.38. The predicted octanol–water partition coefficient (Wildman–Crippen LogP) is 4.17. The Balaban J connectivity index is 1.73. The lowest BCUT2D eigenvalue weighted by atomic mass is 9.78. The van der Waals surface area contributed by atoms with Gasteiger partial charge in [0.1, 0.15) is 0 Å². The molecular weight excluding hydrogens is 414 g/mol. The van der Waals surface area contributed by atoms with Crippen LogP contribution in [0.1, 0.15) is 31.2 Å². The molecule has 1 aliphatic carbocycles. The molecule has 1 amide bonds. The molecule has 1 fully saturated rings. The summed E-state index contributed by atoms with van der Waals surface area (Å²) < 4.78 is 39.6. The summed E-state index contributed by atoms with van der Waals surface area (Å²) in [4.78, 5) is 13.6. The third-order valence-corrected chi connectivity index (χ3v) is 7.48. The van der Waals surface area contributed by atoms with Crippen molar-refractivity contribution in [3.63, 3.8) is 0 Å². The van der Waals surface area contributed by atoms with Gasteiger partial charge >= 0.3 is 0 Å². The van der Waals surface area contributed by atoms with Crippen molar-refractivity contribution in [2.45, 2.75) is 36.0 Å². The maximum Gasteiger partial charge on any atom is 0.264 e. The van der Waals surface area contributed by atoms with Crippen LogP contribution < -0.4 is 14.2 Å². The van der Waals surface area contributed by atoms with Gasteiger partial charge in [-0.1, -0.05) is 55.3 Å². The fourth-order valence-corrected chi connectivity index (χ4v) is 5.75. The number of fused-ring (bicyclic) bond motifs is 1. The van der Waals surface area contributed by atoms with Gasteiger partial charge < -0.3 is 9.47 Å². The summed E-state index contributed by atoms with van der Waals surface area (Å²) in [6, 6.07) is 17.6. The molecule has 3 aromatic rings. The second kappa shape index (κ2) is 8.23. The zero-order valence-electron chi connectivity index (χ0n) is 17.6. The number of sulfonamides is 1. The molecule has 4 rings (SSSR count). The van der Waals surface area contributed by atoms with Crippen molar-refractivity contribution < 1.29 is 22.7 Å². The summed E-state index contributed by atoms with van der Waals surface area (Å²) in [5.74, 6) is 0.560. The highest BCUT2D eigenvalue weighted by Gasteiger charge is 2.44. The highest BCUT2D eigenvalue weighted by Crippen LogP contribution is 2.44. The van der Waals surface area contributed by atoms with E-state index in [4.69, 9.17) is 9.47 Å². The Morgan fingerprint density at radius 3 is 2.29 bits per heavy atom. The fourth-order valence-electron chi connectivity index (χ4n) is 4.46. The Morgan fingerprint density at radius 1 is 0.903 bits per heavy atom. The van der Waals surface area contributed by atoms with Crippen LogP contribution in [0.25, 0.3) is 10.8 Å². The van der Waals surface area contributed by atoms with E-state index >= 15 is 0 Å². The van der Waals surface area contributed by atoms with Crippen molar-refractivity contribution in [3.8, 4) is 11.5 Å². The Morgan fingerprint density at radius 2 is 1.58 bits per heavy atom. The van der Waals surface area contributed by atoms with Crippen LogP contribution >= 0.6 is 0 Å². The second-order valence-corrected chi connectivity index (χ2v) is 9.42. The largest absolute Gasteiger partial charge is 0.493 e. The minimum atomic E-state index is -4.05. The molecule has 7 heteroatoms.